The number of benzene rings is 1. The van der Waals surface area contributed by atoms with Crippen molar-refractivity contribution in [3.05, 3.63) is 41.0 Å². The monoisotopic (exact) mass is 328 g/mol. The summed E-state index contributed by atoms with van der Waals surface area (Å²) >= 11 is 0. The topological polar surface area (TPSA) is 80.3 Å². The smallest absolute Gasteiger partial charge is 0.227 e. The number of aryl methyl sites for hydroxylation is 1. The van der Waals surface area contributed by atoms with Gasteiger partial charge in [-0.25, -0.2) is 4.98 Å². The minimum Gasteiger partial charge on any atom is -0.493 e. The Balaban J connectivity index is 1.42. The molecule has 1 aromatic carbocycles. The molecule has 1 amide bonds. The van der Waals surface area contributed by atoms with E-state index in [1.807, 2.05) is 24.0 Å². The Morgan fingerprint density at radius 2 is 2.33 bits per heavy atom. The number of aromatic nitrogens is 3. The van der Waals surface area contributed by atoms with Gasteiger partial charge in [0.05, 0.1) is 26.2 Å². The molecule has 1 aromatic heterocycles. The first kappa shape index (κ1) is 15.1. The molecule has 0 aliphatic carbocycles. The van der Waals surface area contributed by atoms with Crippen molar-refractivity contribution < 1.29 is 14.3 Å². The van der Waals surface area contributed by atoms with Crippen LogP contribution in [0.4, 0.5) is 0 Å². The Kier molecular flexibility index (Phi) is 3.93. The lowest BCUT2D eigenvalue weighted by atomic mass is 10.1. The molecule has 7 heteroatoms. The molecule has 4 rings (SSSR count). The van der Waals surface area contributed by atoms with Crippen LogP contribution in [0.3, 0.4) is 0 Å². The lowest BCUT2D eigenvalue weighted by Crippen LogP contribution is -2.43. The van der Waals surface area contributed by atoms with Gasteiger partial charge in [-0.15, -0.1) is 0 Å². The van der Waals surface area contributed by atoms with Crippen molar-refractivity contribution >= 4 is 5.91 Å². The number of nitrogens with one attached hydrogen (secondary N) is 1. The van der Waals surface area contributed by atoms with Gasteiger partial charge in [-0.05, 0) is 24.1 Å². The lowest BCUT2D eigenvalue weighted by Gasteiger charge is -2.31. The van der Waals surface area contributed by atoms with Crippen LogP contribution < -0.4 is 4.74 Å². The summed E-state index contributed by atoms with van der Waals surface area (Å²) in [4.78, 5) is 18.8. The van der Waals surface area contributed by atoms with E-state index in [2.05, 4.69) is 21.2 Å². The van der Waals surface area contributed by atoms with Crippen molar-refractivity contribution in [3.63, 3.8) is 0 Å². The molecule has 2 aromatic rings. The standard InChI is InChI=1S/C17H20N4O3/c1-11-18-17(20-19-11)15-10-21(5-7-24-15)16(22)9-12-2-3-14-13(8-12)4-6-23-14/h2-3,8,15H,4-7,9-10H2,1H3,(H,18,19,20). The minimum absolute atomic E-state index is 0.106. The number of fused-ring (bicyclic) bond motifs is 1. The van der Waals surface area contributed by atoms with Crippen LogP contribution in [0.25, 0.3) is 0 Å². The Morgan fingerprint density at radius 3 is 3.17 bits per heavy atom. The van der Waals surface area contributed by atoms with Crippen LogP contribution >= 0.6 is 0 Å². The van der Waals surface area contributed by atoms with Gasteiger partial charge >= 0.3 is 0 Å². The number of rotatable bonds is 3. The summed E-state index contributed by atoms with van der Waals surface area (Å²) in [6, 6.07) is 6.01. The second-order valence-corrected chi connectivity index (χ2v) is 6.20. The highest BCUT2D eigenvalue weighted by Gasteiger charge is 2.28. The van der Waals surface area contributed by atoms with E-state index < -0.39 is 0 Å². The van der Waals surface area contributed by atoms with Crippen molar-refractivity contribution in [2.24, 2.45) is 0 Å². The molecule has 2 aliphatic rings. The maximum absolute atomic E-state index is 12.6. The maximum atomic E-state index is 12.6. The number of carbonyl (C=O) groups is 1. The zero-order chi connectivity index (χ0) is 16.5. The first-order valence-corrected chi connectivity index (χ1v) is 8.22. The fourth-order valence-corrected chi connectivity index (χ4v) is 3.17. The van der Waals surface area contributed by atoms with Gasteiger partial charge in [-0.2, -0.15) is 5.10 Å². The van der Waals surface area contributed by atoms with Gasteiger partial charge in [0.25, 0.3) is 0 Å². The molecule has 1 fully saturated rings. The number of carbonyl (C=O) groups excluding carboxylic acids is 1. The van der Waals surface area contributed by atoms with Crippen molar-refractivity contribution in [3.8, 4) is 5.75 Å². The third-order valence-electron chi connectivity index (χ3n) is 4.43. The molecule has 1 N–H and O–H groups in total. The van der Waals surface area contributed by atoms with E-state index in [4.69, 9.17) is 9.47 Å². The second kappa shape index (κ2) is 6.24. The molecule has 1 atom stereocenters. The van der Waals surface area contributed by atoms with Gasteiger partial charge in [-0.3, -0.25) is 9.89 Å². The Bertz CT molecular complexity index is 758. The van der Waals surface area contributed by atoms with E-state index in [1.54, 1.807) is 0 Å². The Labute approximate surface area is 140 Å². The molecule has 7 nitrogen and oxygen atoms in total. The van der Waals surface area contributed by atoms with Crippen LogP contribution in [0.5, 0.6) is 5.75 Å². The molecule has 1 unspecified atom stereocenters. The average molecular weight is 328 g/mol. The van der Waals surface area contributed by atoms with E-state index in [1.165, 1.54) is 5.56 Å². The maximum Gasteiger partial charge on any atom is 0.227 e. The number of morpholine rings is 1. The lowest BCUT2D eigenvalue weighted by molar-refractivity contribution is -0.138. The molecular formula is C17H20N4O3. The van der Waals surface area contributed by atoms with Gasteiger partial charge in [0.15, 0.2) is 5.82 Å². The summed E-state index contributed by atoms with van der Waals surface area (Å²) in [5.41, 5.74) is 2.22. The van der Waals surface area contributed by atoms with E-state index in [0.29, 0.717) is 31.9 Å². The molecule has 126 valence electrons. The number of amides is 1. The summed E-state index contributed by atoms with van der Waals surface area (Å²) < 4.78 is 11.2. The zero-order valence-corrected chi connectivity index (χ0v) is 13.6. The quantitative estimate of drug-likeness (QED) is 0.915. The van der Waals surface area contributed by atoms with Crippen LogP contribution in [0.2, 0.25) is 0 Å². The first-order chi connectivity index (χ1) is 11.7. The zero-order valence-electron chi connectivity index (χ0n) is 13.6. The highest BCUT2D eigenvalue weighted by atomic mass is 16.5. The number of ether oxygens (including phenoxy) is 2. The molecule has 0 spiro atoms. The number of aromatic amines is 1. The van der Waals surface area contributed by atoms with Crippen molar-refractivity contribution in [2.45, 2.75) is 25.9 Å². The highest BCUT2D eigenvalue weighted by Crippen LogP contribution is 2.26. The van der Waals surface area contributed by atoms with Gasteiger partial charge in [0, 0.05) is 13.0 Å². The van der Waals surface area contributed by atoms with Crippen LogP contribution in [0.1, 0.15) is 28.9 Å². The highest BCUT2D eigenvalue weighted by molar-refractivity contribution is 5.79. The first-order valence-electron chi connectivity index (χ1n) is 8.22. The molecule has 0 saturated carbocycles. The number of H-pyrrole nitrogens is 1. The molecule has 24 heavy (non-hydrogen) atoms. The van der Waals surface area contributed by atoms with Gasteiger partial charge < -0.3 is 14.4 Å². The Morgan fingerprint density at radius 1 is 1.42 bits per heavy atom. The molecule has 0 radical (unpaired) electrons. The van der Waals surface area contributed by atoms with Crippen molar-refractivity contribution in [2.75, 3.05) is 26.3 Å². The van der Waals surface area contributed by atoms with Crippen LogP contribution in [-0.4, -0.2) is 52.3 Å². The van der Waals surface area contributed by atoms with Crippen LogP contribution in [0.15, 0.2) is 18.2 Å². The fourth-order valence-electron chi connectivity index (χ4n) is 3.17. The Hall–Kier alpha value is -2.41. The number of hydrogen-bond acceptors (Lipinski definition) is 5. The van der Waals surface area contributed by atoms with E-state index in [-0.39, 0.29) is 12.0 Å². The van der Waals surface area contributed by atoms with Crippen LogP contribution in [0, 0.1) is 6.92 Å². The largest absolute Gasteiger partial charge is 0.493 e. The molecule has 2 aliphatic heterocycles. The third kappa shape index (κ3) is 2.99. The number of nitrogens with zero attached hydrogens (tertiary/aromatic N) is 3. The van der Waals surface area contributed by atoms with E-state index in [9.17, 15) is 4.79 Å². The molecule has 3 heterocycles. The van der Waals surface area contributed by atoms with Gasteiger partial charge in [0.1, 0.15) is 17.7 Å². The SMILES string of the molecule is Cc1nc(C2CN(C(=O)Cc3ccc4c(c3)CCO4)CCO2)n[nH]1. The van der Waals surface area contributed by atoms with E-state index in [0.717, 1.165) is 30.2 Å². The summed E-state index contributed by atoms with van der Waals surface area (Å²) in [5, 5.41) is 6.96. The minimum atomic E-state index is -0.263. The third-order valence-corrected chi connectivity index (χ3v) is 4.43. The van der Waals surface area contributed by atoms with Gasteiger partial charge in [-0.1, -0.05) is 12.1 Å². The molecular weight excluding hydrogens is 308 g/mol. The van der Waals surface area contributed by atoms with Gasteiger partial charge in [0.2, 0.25) is 5.91 Å². The number of hydrogen-bond donors (Lipinski definition) is 1. The average Bonchev–Trinajstić information content (AvgIpc) is 3.23. The van der Waals surface area contributed by atoms with Crippen LogP contribution in [-0.2, 0) is 22.4 Å². The molecule has 1 saturated heterocycles. The predicted octanol–water partition coefficient (Wildman–Crippen LogP) is 1.19. The summed E-state index contributed by atoms with van der Waals surface area (Å²) in [5.74, 6) is 2.41. The normalized spacial score (nSPS) is 19.9. The summed E-state index contributed by atoms with van der Waals surface area (Å²) in [6.45, 7) is 4.17. The van der Waals surface area contributed by atoms with Crippen molar-refractivity contribution in [1.29, 1.82) is 0 Å². The second-order valence-electron chi connectivity index (χ2n) is 6.20. The summed E-state index contributed by atoms with van der Waals surface area (Å²) in [7, 11) is 0. The molecule has 0 bridgehead atoms. The summed E-state index contributed by atoms with van der Waals surface area (Å²) in [6.07, 6.45) is 1.05. The van der Waals surface area contributed by atoms with E-state index >= 15 is 0 Å². The fraction of sp³-hybridized carbons (Fsp3) is 0.471. The predicted molar refractivity (Wildman–Crippen MR) is 85.7 cm³/mol. The van der Waals surface area contributed by atoms with Crippen molar-refractivity contribution in [1.82, 2.24) is 20.1 Å².